The second kappa shape index (κ2) is 10.1. The Hall–Kier alpha value is -4.00. The average Bonchev–Trinajstić information content (AvgIpc) is 3.13. The Bertz CT molecular complexity index is 1240. The number of halogens is 2. The number of amides is 1. The van der Waals surface area contributed by atoms with Gasteiger partial charge in [-0.1, -0.05) is 42.5 Å². The van der Waals surface area contributed by atoms with Crippen LogP contribution in [0.25, 0.3) is 5.69 Å². The van der Waals surface area contributed by atoms with Crippen LogP contribution in [0.3, 0.4) is 0 Å². The molecule has 1 amide bonds. The molecule has 0 radical (unpaired) electrons. The third-order valence-electron chi connectivity index (χ3n) is 5.19. The maximum atomic E-state index is 14.3. The van der Waals surface area contributed by atoms with E-state index < -0.39 is 5.82 Å². The van der Waals surface area contributed by atoms with E-state index in [0.29, 0.717) is 35.8 Å². The van der Waals surface area contributed by atoms with Gasteiger partial charge in [0.15, 0.2) is 11.6 Å². The molecule has 0 atom stereocenters. The fourth-order valence-electron chi connectivity index (χ4n) is 3.44. The van der Waals surface area contributed by atoms with Crippen molar-refractivity contribution in [2.75, 3.05) is 0 Å². The first-order valence-electron chi connectivity index (χ1n) is 10.6. The smallest absolute Gasteiger partial charge is 0.226 e. The lowest BCUT2D eigenvalue weighted by Gasteiger charge is -2.12. The molecule has 0 unspecified atom stereocenters. The Morgan fingerprint density at radius 3 is 2.39 bits per heavy atom. The van der Waals surface area contributed by atoms with Crippen LogP contribution in [0, 0.1) is 18.6 Å². The minimum atomic E-state index is -0.520. The van der Waals surface area contributed by atoms with Gasteiger partial charge in [0.05, 0.1) is 11.4 Å². The second-order valence-corrected chi connectivity index (χ2v) is 7.55. The third kappa shape index (κ3) is 5.44. The van der Waals surface area contributed by atoms with Crippen molar-refractivity contribution in [1.82, 2.24) is 15.1 Å². The predicted molar refractivity (Wildman–Crippen MR) is 121 cm³/mol. The summed E-state index contributed by atoms with van der Waals surface area (Å²) in [5, 5.41) is 7.43. The highest BCUT2D eigenvalue weighted by Gasteiger charge is 2.21. The fourth-order valence-corrected chi connectivity index (χ4v) is 3.44. The molecule has 33 heavy (non-hydrogen) atoms. The molecule has 5 nitrogen and oxygen atoms in total. The van der Waals surface area contributed by atoms with Gasteiger partial charge in [-0.3, -0.25) is 4.79 Å². The van der Waals surface area contributed by atoms with E-state index in [0.717, 1.165) is 5.56 Å². The monoisotopic (exact) mass is 447 g/mol. The van der Waals surface area contributed by atoms with Crippen LogP contribution in [0.2, 0.25) is 0 Å². The molecule has 1 N–H and O–H groups in total. The second-order valence-electron chi connectivity index (χ2n) is 7.55. The highest BCUT2D eigenvalue weighted by Crippen LogP contribution is 2.32. The number of carbonyl (C=O) groups excluding carboxylic acids is 1. The van der Waals surface area contributed by atoms with E-state index >= 15 is 0 Å². The van der Waals surface area contributed by atoms with Gasteiger partial charge in [0.25, 0.3) is 0 Å². The van der Waals surface area contributed by atoms with Crippen molar-refractivity contribution in [3.63, 3.8) is 0 Å². The molecule has 7 heteroatoms. The summed E-state index contributed by atoms with van der Waals surface area (Å²) in [7, 11) is 0. The number of hydrogen-bond donors (Lipinski definition) is 1. The van der Waals surface area contributed by atoms with E-state index in [2.05, 4.69) is 10.4 Å². The van der Waals surface area contributed by atoms with Gasteiger partial charge in [0, 0.05) is 18.5 Å². The molecular weight excluding hydrogens is 424 g/mol. The van der Waals surface area contributed by atoms with Crippen LogP contribution in [0.4, 0.5) is 8.78 Å². The Balaban J connectivity index is 1.57. The molecule has 0 aliphatic heterocycles. The highest BCUT2D eigenvalue weighted by atomic mass is 19.1. The molecule has 168 valence electrons. The van der Waals surface area contributed by atoms with Gasteiger partial charge in [0.2, 0.25) is 11.8 Å². The van der Waals surface area contributed by atoms with Gasteiger partial charge in [-0.15, -0.1) is 0 Å². The molecule has 0 aliphatic carbocycles. The number of nitrogens with one attached hydrogen (secondary N) is 1. The normalized spacial score (nSPS) is 10.8. The maximum Gasteiger partial charge on any atom is 0.226 e. The Labute approximate surface area is 190 Å². The Kier molecular flexibility index (Phi) is 6.78. The molecule has 4 rings (SSSR count). The highest BCUT2D eigenvalue weighted by molar-refractivity contribution is 5.76. The first-order chi connectivity index (χ1) is 16.0. The van der Waals surface area contributed by atoms with E-state index in [1.165, 1.54) is 28.9 Å². The van der Waals surface area contributed by atoms with Crippen LogP contribution in [-0.4, -0.2) is 15.7 Å². The summed E-state index contributed by atoms with van der Waals surface area (Å²) >= 11 is 0. The summed E-state index contributed by atoms with van der Waals surface area (Å²) in [6, 6.07) is 21.5. The van der Waals surface area contributed by atoms with E-state index in [1.807, 2.05) is 30.3 Å². The first kappa shape index (κ1) is 22.2. The van der Waals surface area contributed by atoms with Gasteiger partial charge >= 0.3 is 0 Å². The molecule has 3 aromatic carbocycles. The number of aryl methyl sites for hydroxylation is 1. The fraction of sp³-hybridized carbons (Fsp3) is 0.154. The minimum Gasteiger partial charge on any atom is -0.436 e. The summed E-state index contributed by atoms with van der Waals surface area (Å²) < 4.78 is 35.2. The zero-order valence-corrected chi connectivity index (χ0v) is 18.1. The van der Waals surface area contributed by atoms with Crippen molar-refractivity contribution in [2.45, 2.75) is 26.3 Å². The number of hydrogen-bond acceptors (Lipinski definition) is 3. The Morgan fingerprint density at radius 2 is 1.67 bits per heavy atom. The van der Waals surface area contributed by atoms with Crippen LogP contribution < -0.4 is 10.1 Å². The third-order valence-corrected chi connectivity index (χ3v) is 5.19. The van der Waals surface area contributed by atoms with Crippen molar-refractivity contribution in [3.05, 3.63) is 107 Å². The predicted octanol–water partition coefficient (Wildman–Crippen LogP) is 5.50. The number of benzene rings is 3. The van der Waals surface area contributed by atoms with Crippen LogP contribution in [0.1, 0.15) is 23.2 Å². The summed E-state index contributed by atoms with van der Waals surface area (Å²) in [4.78, 5) is 12.5. The van der Waals surface area contributed by atoms with Crippen LogP contribution in [0.15, 0.2) is 78.9 Å². The molecule has 0 spiro atoms. The molecule has 0 aliphatic rings. The number of nitrogens with zero attached hydrogens (tertiary/aromatic N) is 2. The molecule has 1 heterocycles. The van der Waals surface area contributed by atoms with Gasteiger partial charge in [-0.25, -0.2) is 13.5 Å². The van der Waals surface area contributed by atoms with Crippen molar-refractivity contribution in [2.24, 2.45) is 0 Å². The lowest BCUT2D eigenvalue weighted by Crippen LogP contribution is -2.23. The van der Waals surface area contributed by atoms with E-state index in [9.17, 15) is 13.6 Å². The number of aromatic nitrogens is 2. The topological polar surface area (TPSA) is 56.2 Å². The van der Waals surface area contributed by atoms with E-state index in [1.54, 1.807) is 31.2 Å². The summed E-state index contributed by atoms with van der Waals surface area (Å²) in [6.45, 7) is 2.23. The quantitative estimate of drug-likeness (QED) is 0.388. The summed E-state index contributed by atoms with van der Waals surface area (Å²) in [5.41, 5.74) is 2.89. The zero-order chi connectivity index (χ0) is 23.2. The number of carbonyl (C=O) groups is 1. The lowest BCUT2D eigenvalue weighted by molar-refractivity contribution is -0.121. The molecular formula is C26H23F2N3O2. The average molecular weight is 447 g/mol. The maximum absolute atomic E-state index is 14.3. The molecule has 0 fully saturated rings. The SMILES string of the molecule is Cc1nn(-c2ccc(F)cc2)c(Oc2ccccc2F)c1CCC(=O)NCc1ccccc1. The van der Waals surface area contributed by atoms with Crippen LogP contribution in [0.5, 0.6) is 11.6 Å². The van der Waals surface area contributed by atoms with Crippen LogP contribution in [-0.2, 0) is 17.8 Å². The molecule has 0 bridgehead atoms. The summed E-state index contributed by atoms with van der Waals surface area (Å²) in [6.07, 6.45) is 0.549. The molecule has 4 aromatic rings. The minimum absolute atomic E-state index is 0.0375. The largest absolute Gasteiger partial charge is 0.436 e. The first-order valence-corrected chi connectivity index (χ1v) is 10.6. The van der Waals surface area contributed by atoms with Crippen molar-refractivity contribution >= 4 is 5.91 Å². The van der Waals surface area contributed by atoms with Gasteiger partial charge in [-0.05, 0) is 55.3 Å². The van der Waals surface area contributed by atoms with Crippen LogP contribution >= 0.6 is 0 Å². The zero-order valence-electron chi connectivity index (χ0n) is 18.1. The number of para-hydroxylation sites is 1. The number of rotatable bonds is 8. The summed E-state index contributed by atoms with van der Waals surface area (Å²) in [5.74, 6) is -0.691. The van der Waals surface area contributed by atoms with Gasteiger partial charge in [0.1, 0.15) is 5.82 Å². The van der Waals surface area contributed by atoms with E-state index in [4.69, 9.17) is 4.74 Å². The van der Waals surface area contributed by atoms with Crippen molar-refractivity contribution in [1.29, 1.82) is 0 Å². The standard InChI is InChI=1S/C26H23F2N3O2/c1-18-22(15-16-25(32)29-17-19-7-3-2-4-8-19)26(33-24-10-6-5-9-23(24)28)31(30-18)21-13-11-20(27)12-14-21/h2-14H,15-17H2,1H3,(H,29,32). The van der Waals surface area contributed by atoms with Gasteiger partial charge < -0.3 is 10.1 Å². The molecule has 0 saturated carbocycles. The lowest BCUT2D eigenvalue weighted by atomic mass is 10.1. The van der Waals surface area contributed by atoms with Gasteiger partial charge in [-0.2, -0.15) is 5.10 Å². The van der Waals surface area contributed by atoms with Crippen molar-refractivity contribution < 1.29 is 18.3 Å². The van der Waals surface area contributed by atoms with Crippen molar-refractivity contribution in [3.8, 4) is 17.3 Å². The number of ether oxygens (including phenoxy) is 1. The van der Waals surface area contributed by atoms with E-state index in [-0.39, 0.29) is 23.9 Å². The Morgan fingerprint density at radius 1 is 0.970 bits per heavy atom. The molecule has 1 aromatic heterocycles. The molecule has 0 saturated heterocycles.